The molecule has 0 bridgehead atoms. The number of nitrogens with zero attached hydrogens (tertiary/aromatic N) is 3. The monoisotopic (exact) mass is 543 g/mol. The van der Waals surface area contributed by atoms with Gasteiger partial charge in [0.25, 0.3) is 0 Å². The van der Waals surface area contributed by atoms with Gasteiger partial charge in [-0.2, -0.15) is 10.2 Å². The Labute approximate surface area is 232 Å². The zero-order valence-corrected chi connectivity index (χ0v) is 23.2. The maximum atomic E-state index is 10.1. The average Bonchev–Trinajstić information content (AvgIpc) is 2.97. The van der Waals surface area contributed by atoms with Gasteiger partial charge >= 0.3 is 0 Å². The SMILES string of the molecule is CCCCCCCCN(CC)c1ccc(N=Nc2ccc(CCO[C@@H]3O[C@H](CO)[C@@H](O)[C@H](O)[C@H]3O)cc2)cc1. The number of anilines is 1. The van der Waals surface area contributed by atoms with Gasteiger partial charge in [-0.15, -0.1) is 0 Å². The van der Waals surface area contributed by atoms with Crippen LogP contribution in [0.4, 0.5) is 17.1 Å². The van der Waals surface area contributed by atoms with Crippen LogP contribution in [0.1, 0.15) is 57.9 Å². The lowest BCUT2D eigenvalue weighted by Gasteiger charge is -2.39. The average molecular weight is 544 g/mol. The molecule has 1 aliphatic rings. The van der Waals surface area contributed by atoms with Gasteiger partial charge in [0.15, 0.2) is 6.29 Å². The van der Waals surface area contributed by atoms with Gasteiger partial charge in [0, 0.05) is 18.8 Å². The first kappa shape index (κ1) is 31.1. The molecule has 1 saturated heterocycles. The predicted octanol–water partition coefficient (Wildman–Crippen LogP) is 4.65. The number of ether oxygens (including phenoxy) is 2. The largest absolute Gasteiger partial charge is 0.394 e. The number of aliphatic hydroxyl groups is 4. The third-order valence-corrected chi connectivity index (χ3v) is 7.12. The summed E-state index contributed by atoms with van der Waals surface area (Å²) in [6.45, 7) is 6.23. The summed E-state index contributed by atoms with van der Waals surface area (Å²) in [5, 5.41) is 47.8. The van der Waals surface area contributed by atoms with Crippen molar-refractivity contribution in [2.24, 2.45) is 10.2 Å². The topological polar surface area (TPSA) is 127 Å². The Morgan fingerprint density at radius 1 is 0.795 bits per heavy atom. The predicted molar refractivity (Wildman–Crippen MR) is 152 cm³/mol. The molecule has 1 aliphatic heterocycles. The van der Waals surface area contributed by atoms with E-state index in [2.05, 4.69) is 41.1 Å². The van der Waals surface area contributed by atoms with Crippen LogP contribution in [0.15, 0.2) is 58.8 Å². The minimum atomic E-state index is -1.45. The molecule has 2 aromatic rings. The summed E-state index contributed by atoms with van der Waals surface area (Å²) < 4.78 is 10.9. The Morgan fingerprint density at radius 3 is 2.03 bits per heavy atom. The summed E-state index contributed by atoms with van der Waals surface area (Å²) in [6.07, 6.45) is 1.97. The highest BCUT2D eigenvalue weighted by molar-refractivity contribution is 5.53. The first-order valence-corrected chi connectivity index (χ1v) is 14.2. The van der Waals surface area contributed by atoms with Gasteiger partial charge in [-0.1, -0.05) is 51.2 Å². The highest BCUT2D eigenvalue weighted by atomic mass is 16.7. The van der Waals surface area contributed by atoms with Gasteiger partial charge in [-0.05, 0) is 61.7 Å². The minimum absolute atomic E-state index is 0.226. The molecule has 0 radical (unpaired) electrons. The Kier molecular flexibility index (Phi) is 13.3. The molecule has 0 unspecified atom stereocenters. The van der Waals surface area contributed by atoms with Crippen molar-refractivity contribution in [1.29, 1.82) is 0 Å². The van der Waals surface area contributed by atoms with Crippen LogP contribution in [0.2, 0.25) is 0 Å². The number of unbranched alkanes of at least 4 members (excludes halogenated alkanes) is 5. The molecule has 9 nitrogen and oxygen atoms in total. The van der Waals surface area contributed by atoms with Crippen LogP contribution in [0.25, 0.3) is 0 Å². The summed E-state index contributed by atoms with van der Waals surface area (Å²) in [5.41, 5.74) is 3.73. The first-order valence-electron chi connectivity index (χ1n) is 14.2. The molecule has 1 fully saturated rings. The van der Waals surface area contributed by atoms with E-state index in [0.717, 1.165) is 30.0 Å². The lowest BCUT2D eigenvalue weighted by atomic mass is 9.99. The number of benzene rings is 2. The molecular formula is C30H45N3O6. The molecule has 5 atom stereocenters. The van der Waals surface area contributed by atoms with Crippen LogP contribution in [-0.2, 0) is 15.9 Å². The third kappa shape index (κ3) is 9.63. The second kappa shape index (κ2) is 16.6. The molecule has 216 valence electrons. The highest BCUT2D eigenvalue weighted by Gasteiger charge is 2.43. The van der Waals surface area contributed by atoms with Crippen molar-refractivity contribution in [3.05, 3.63) is 54.1 Å². The number of rotatable bonds is 16. The Morgan fingerprint density at radius 2 is 1.41 bits per heavy atom. The van der Waals surface area contributed by atoms with Crippen molar-refractivity contribution in [3.8, 4) is 0 Å². The van der Waals surface area contributed by atoms with Crippen molar-refractivity contribution >= 4 is 17.1 Å². The maximum Gasteiger partial charge on any atom is 0.186 e. The van der Waals surface area contributed by atoms with Crippen molar-refractivity contribution < 1.29 is 29.9 Å². The van der Waals surface area contributed by atoms with Crippen molar-refractivity contribution in [3.63, 3.8) is 0 Å². The van der Waals surface area contributed by atoms with E-state index >= 15 is 0 Å². The lowest BCUT2D eigenvalue weighted by Crippen LogP contribution is -2.59. The molecule has 4 N–H and O–H groups in total. The van der Waals surface area contributed by atoms with Crippen LogP contribution in [0.3, 0.4) is 0 Å². The van der Waals surface area contributed by atoms with Gasteiger partial charge in [0.1, 0.15) is 24.4 Å². The molecule has 0 aliphatic carbocycles. The second-order valence-corrected chi connectivity index (χ2v) is 10.0. The fraction of sp³-hybridized carbons (Fsp3) is 0.600. The molecule has 3 rings (SSSR count). The van der Waals surface area contributed by atoms with Crippen molar-refractivity contribution in [2.75, 3.05) is 31.2 Å². The molecule has 9 heteroatoms. The Bertz CT molecular complexity index is 970. The van der Waals surface area contributed by atoms with E-state index in [9.17, 15) is 20.4 Å². The van der Waals surface area contributed by atoms with Crippen molar-refractivity contribution in [2.45, 2.75) is 89.5 Å². The fourth-order valence-electron chi connectivity index (χ4n) is 4.63. The van der Waals surface area contributed by atoms with Gasteiger partial charge in [-0.25, -0.2) is 0 Å². The standard InChI is InChI=1S/C30H45N3O6/c1-3-5-6-7-8-9-19-33(4-2)25-16-14-24(15-17-25)32-31-23-12-10-22(11-13-23)18-20-38-30-29(37)28(36)27(35)26(21-34)39-30/h10-17,26-30,34-37H,3-9,18-21H2,1-2H3/t26-,27-,28+,29-,30-/m1/s1. The van der Waals surface area contributed by atoms with E-state index < -0.39 is 37.3 Å². The molecule has 0 spiro atoms. The van der Waals surface area contributed by atoms with E-state index in [0.29, 0.717) is 6.42 Å². The zero-order chi connectivity index (χ0) is 28.0. The summed E-state index contributed by atoms with van der Waals surface area (Å²) in [5.74, 6) is 0. The molecule has 2 aromatic carbocycles. The van der Waals surface area contributed by atoms with Gasteiger partial charge in [0.2, 0.25) is 0 Å². The zero-order valence-electron chi connectivity index (χ0n) is 23.2. The van der Waals surface area contributed by atoms with Crippen LogP contribution < -0.4 is 4.90 Å². The second-order valence-electron chi connectivity index (χ2n) is 10.0. The summed E-state index contributed by atoms with van der Waals surface area (Å²) in [4.78, 5) is 2.40. The van der Waals surface area contributed by atoms with Crippen LogP contribution in [-0.4, -0.2) is 77.4 Å². The van der Waals surface area contributed by atoms with E-state index in [1.807, 2.05) is 36.4 Å². The first-order chi connectivity index (χ1) is 19.0. The lowest BCUT2D eigenvalue weighted by molar-refractivity contribution is -0.300. The summed E-state index contributed by atoms with van der Waals surface area (Å²) >= 11 is 0. The third-order valence-electron chi connectivity index (χ3n) is 7.12. The van der Waals surface area contributed by atoms with E-state index in [1.54, 1.807) is 0 Å². The number of hydrogen-bond donors (Lipinski definition) is 4. The summed E-state index contributed by atoms with van der Waals surface area (Å²) in [7, 11) is 0. The molecule has 39 heavy (non-hydrogen) atoms. The van der Waals surface area contributed by atoms with Crippen LogP contribution >= 0.6 is 0 Å². The minimum Gasteiger partial charge on any atom is -0.394 e. The highest BCUT2D eigenvalue weighted by Crippen LogP contribution is 2.24. The maximum absolute atomic E-state index is 10.1. The Balaban J connectivity index is 1.43. The fourth-order valence-corrected chi connectivity index (χ4v) is 4.63. The smallest absolute Gasteiger partial charge is 0.186 e. The van der Waals surface area contributed by atoms with E-state index in [-0.39, 0.29) is 6.61 Å². The van der Waals surface area contributed by atoms with Gasteiger partial charge in [-0.3, -0.25) is 0 Å². The van der Waals surface area contributed by atoms with E-state index in [4.69, 9.17) is 9.47 Å². The molecule has 0 saturated carbocycles. The molecule has 0 amide bonds. The van der Waals surface area contributed by atoms with E-state index in [1.165, 1.54) is 44.2 Å². The Hall–Kier alpha value is -2.40. The van der Waals surface area contributed by atoms with Crippen LogP contribution in [0.5, 0.6) is 0 Å². The molecule has 0 aromatic heterocycles. The van der Waals surface area contributed by atoms with Gasteiger partial charge in [0.05, 0.1) is 24.6 Å². The van der Waals surface area contributed by atoms with Crippen molar-refractivity contribution in [1.82, 2.24) is 0 Å². The normalized spacial score (nSPS) is 23.4. The number of aliphatic hydroxyl groups excluding tert-OH is 4. The number of azo groups is 1. The van der Waals surface area contributed by atoms with Gasteiger partial charge < -0.3 is 34.8 Å². The van der Waals surface area contributed by atoms with Crippen LogP contribution in [0, 0.1) is 0 Å². The quantitative estimate of drug-likeness (QED) is 0.179. The number of hydrogen-bond acceptors (Lipinski definition) is 9. The molecule has 1 heterocycles. The summed E-state index contributed by atoms with van der Waals surface area (Å²) in [6, 6.07) is 15.8. The molecular weight excluding hydrogens is 498 g/mol.